The Labute approximate surface area is 177 Å². The zero-order chi connectivity index (χ0) is 21.9. The number of aryl methyl sites for hydroxylation is 2. The van der Waals surface area contributed by atoms with Crippen LogP contribution in [0.2, 0.25) is 0 Å². The molecule has 0 aliphatic heterocycles. The van der Waals surface area contributed by atoms with Crippen molar-refractivity contribution in [3.63, 3.8) is 0 Å². The molecule has 0 radical (unpaired) electrons. The minimum Gasteiger partial charge on any atom is -0.321 e. The molecule has 1 aromatic heterocycles. The zero-order valence-corrected chi connectivity index (χ0v) is 18.3. The molecule has 1 amide bonds. The maximum absolute atomic E-state index is 12.4. The number of nitrogens with one attached hydrogen (secondary N) is 1. The van der Waals surface area contributed by atoms with Crippen molar-refractivity contribution in [2.24, 2.45) is 0 Å². The van der Waals surface area contributed by atoms with Crippen LogP contribution in [0.15, 0.2) is 59.5 Å². The fraction of sp³-hybridized carbons (Fsp3) is 0.217. The Hall–Kier alpha value is -3.19. The van der Waals surface area contributed by atoms with Crippen molar-refractivity contribution in [2.45, 2.75) is 32.2 Å². The number of carbonyl (C=O) groups excluding carboxylic acids is 1. The quantitative estimate of drug-likeness (QED) is 0.610. The molecular weight excluding hydrogens is 398 g/mol. The number of rotatable bonds is 6. The summed E-state index contributed by atoms with van der Waals surface area (Å²) in [5.41, 5.74) is 5.26. The second-order valence-corrected chi connectivity index (χ2v) is 9.30. The van der Waals surface area contributed by atoms with Gasteiger partial charge >= 0.3 is 0 Å². The fourth-order valence-corrected chi connectivity index (χ4v) is 4.04. The van der Waals surface area contributed by atoms with Crippen LogP contribution in [0, 0.1) is 20.8 Å². The van der Waals surface area contributed by atoms with Crippen molar-refractivity contribution in [3.8, 4) is 0 Å². The molecular formula is C23H25N3O3S. The SMILES string of the molecule is Cc1ccc(Cn2nc(C)c(/C=C/C(=O)Nc3ccccc3S(C)(=O)=O)c2C)cc1. The summed E-state index contributed by atoms with van der Waals surface area (Å²) in [6.45, 7) is 6.56. The average Bonchev–Trinajstić information content (AvgIpc) is 2.94. The molecule has 0 atom stereocenters. The van der Waals surface area contributed by atoms with E-state index in [0.717, 1.165) is 28.8 Å². The summed E-state index contributed by atoms with van der Waals surface area (Å²) in [6, 6.07) is 14.6. The number of hydrogen-bond donors (Lipinski definition) is 1. The molecule has 3 aromatic rings. The molecule has 0 unspecified atom stereocenters. The van der Waals surface area contributed by atoms with Crippen LogP contribution in [0.4, 0.5) is 5.69 Å². The van der Waals surface area contributed by atoms with Crippen LogP contribution < -0.4 is 5.32 Å². The minimum atomic E-state index is -3.44. The number of nitrogens with zero attached hydrogens (tertiary/aromatic N) is 2. The van der Waals surface area contributed by atoms with Gasteiger partial charge in [-0.1, -0.05) is 42.0 Å². The van der Waals surface area contributed by atoms with Crippen LogP contribution in [0.25, 0.3) is 6.08 Å². The van der Waals surface area contributed by atoms with Crippen molar-refractivity contribution in [3.05, 3.63) is 82.7 Å². The van der Waals surface area contributed by atoms with Gasteiger partial charge < -0.3 is 5.32 Å². The Morgan fingerprint density at radius 2 is 1.73 bits per heavy atom. The van der Waals surface area contributed by atoms with Crippen LogP contribution in [0.3, 0.4) is 0 Å². The van der Waals surface area contributed by atoms with E-state index in [4.69, 9.17) is 0 Å². The average molecular weight is 424 g/mol. The number of para-hydroxylation sites is 1. The molecule has 0 fully saturated rings. The molecule has 1 N–H and O–H groups in total. The van der Waals surface area contributed by atoms with Gasteiger partial charge in [0, 0.05) is 23.6 Å². The molecule has 0 saturated carbocycles. The third-order valence-electron chi connectivity index (χ3n) is 4.84. The number of hydrogen-bond acceptors (Lipinski definition) is 4. The maximum Gasteiger partial charge on any atom is 0.248 e. The number of benzene rings is 2. The number of carbonyl (C=O) groups is 1. The van der Waals surface area contributed by atoms with E-state index in [1.807, 2.05) is 18.5 Å². The molecule has 3 rings (SSSR count). The normalized spacial score (nSPS) is 11.7. The number of amides is 1. The van der Waals surface area contributed by atoms with Crippen molar-refractivity contribution in [2.75, 3.05) is 11.6 Å². The third kappa shape index (κ3) is 5.04. The van der Waals surface area contributed by atoms with E-state index in [9.17, 15) is 13.2 Å². The summed E-state index contributed by atoms with van der Waals surface area (Å²) in [5.74, 6) is -0.406. The van der Waals surface area contributed by atoms with E-state index in [0.29, 0.717) is 6.54 Å². The van der Waals surface area contributed by atoms with E-state index >= 15 is 0 Å². The van der Waals surface area contributed by atoms with E-state index in [1.54, 1.807) is 24.3 Å². The Morgan fingerprint density at radius 1 is 1.07 bits per heavy atom. The molecule has 0 aliphatic rings. The van der Waals surface area contributed by atoms with Crippen molar-refractivity contribution >= 4 is 27.5 Å². The highest BCUT2D eigenvalue weighted by atomic mass is 32.2. The topological polar surface area (TPSA) is 81.1 Å². The molecule has 0 bridgehead atoms. The van der Waals surface area contributed by atoms with Gasteiger partial charge in [-0.05, 0) is 44.5 Å². The van der Waals surface area contributed by atoms with Gasteiger partial charge in [0.05, 0.1) is 22.8 Å². The van der Waals surface area contributed by atoms with Crippen LogP contribution in [0.1, 0.15) is 28.1 Å². The van der Waals surface area contributed by atoms with E-state index in [1.165, 1.54) is 17.7 Å². The van der Waals surface area contributed by atoms with E-state index in [-0.39, 0.29) is 10.6 Å². The smallest absolute Gasteiger partial charge is 0.248 e. The van der Waals surface area contributed by atoms with Crippen molar-refractivity contribution < 1.29 is 13.2 Å². The lowest BCUT2D eigenvalue weighted by atomic mass is 10.1. The van der Waals surface area contributed by atoms with Gasteiger partial charge in [-0.3, -0.25) is 9.48 Å². The summed E-state index contributed by atoms with van der Waals surface area (Å²) in [6.07, 6.45) is 4.22. The second-order valence-electron chi connectivity index (χ2n) is 7.32. The molecule has 0 aliphatic carbocycles. The van der Waals surface area contributed by atoms with Crippen molar-refractivity contribution in [1.82, 2.24) is 9.78 Å². The van der Waals surface area contributed by atoms with Crippen molar-refractivity contribution in [1.29, 1.82) is 0 Å². The van der Waals surface area contributed by atoms with Gasteiger partial charge in [0.25, 0.3) is 0 Å². The van der Waals surface area contributed by atoms with Crippen LogP contribution in [-0.4, -0.2) is 30.4 Å². The summed E-state index contributed by atoms with van der Waals surface area (Å²) in [5, 5.41) is 7.24. The van der Waals surface area contributed by atoms with Gasteiger partial charge in [-0.15, -0.1) is 0 Å². The Kier molecular flexibility index (Phi) is 6.22. The lowest BCUT2D eigenvalue weighted by Crippen LogP contribution is -2.11. The lowest BCUT2D eigenvalue weighted by Gasteiger charge is -2.08. The first-order valence-corrected chi connectivity index (χ1v) is 11.4. The summed E-state index contributed by atoms with van der Waals surface area (Å²) in [7, 11) is -3.44. The van der Waals surface area contributed by atoms with E-state index < -0.39 is 15.7 Å². The Bertz CT molecular complexity index is 1210. The molecule has 7 heteroatoms. The fourth-order valence-electron chi connectivity index (χ4n) is 3.20. The molecule has 1 heterocycles. The lowest BCUT2D eigenvalue weighted by molar-refractivity contribution is -0.111. The van der Waals surface area contributed by atoms with Gasteiger partial charge in [0.15, 0.2) is 9.84 Å². The van der Waals surface area contributed by atoms with E-state index in [2.05, 4.69) is 41.6 Å². The Balaban J connectivity index is 1.77. The highest BCUT2D eigenvalue weighted by Gasteiger charge is 2.14. The van der Waals surface area contributed by atoms with Gasteiger partial charge in [-0.2, -0.15) is 5.10 Å². The highest BCUT2D eigenvalue weighted by Crippen LogP contribution is 2.21. The largest absolute Gasteiger partial charge is 0.321 e. The standard InChI is InChI=1S/C23H25N3O3S/c1-16-9-11-19(12-10-16)15-26-18(3)20(17(2)25-26)13-14-23(27)24-21-7-5-6-8-22(21)30(4,28)29/h5-14H,15H2,1-4H3,(H,24,27)/b14-13+. The van der Waals surface area contributed by atoms with Gasteiger partial charge in [0.1, 0.15) is 0 Å². The van der Waals surface area contributed by atoms with Gasteiger partial charge in [0.2, 0.25) is 5.91 Å². The van der Waals surface area contributed by atoms with Crippen LogP contribution >= 0.6 is 0 Å². The number of anilines is 1. The first kappa shape index (κ1) is 21.5. The minimum absolute atomic E-state index is 0.0880. The molecule has 6 nitrogen and oxygen atoms in total. The van der Waals surface area contributed by atoms with Gasteiger partial charge in [-0.25, -0.2) is 8.42 Å². The molecule has 0 saturated heterocycles. The number of sulfone groups is 1. The summed E-state index contributed by atoms with van der Waals surface area (Å²) in [4.78, 5) is 12.5. The summed E-state index contributed by atoms with van der Waals surface area (Å²) >= 11 is 0. The Morgan fingerprint density at radius 3 is 2.40 bits per heavy atom. The third-order valence-corrected chi connectivity index (χ3v) is 5.99. The highest BCUT2D eigenvalue weighted by molar-refractivity contribution is 7.90. The predicted molar refractivity (Wildman–Crippen MR) is 119 cm³/mol. The monoisotopic (exact) mass is 423 g/mol. The molecule has 156 valence electrons. The van der Waals surface area contributed by atoms with Crippen LogP contribution in [-0.2, 0) is 21.2 Å². The molecule has 2 aromatic carbocycles. The molecule has 30 heavy (non-hydrogen) atoms. The zero-order valence-electron chi connectivity index (χ0n) is 17.5. The first-order chi connectivity index (χ1) is 14.1. The molecule has 0 spiro atoms. The second kappa shape index (κ2) is 8.67. The van der Waals surface area contributed by atoms with Crippen LogP contribution in [0.5, 0.6) is 0 Å². The predicted octanol–water partition coefficient (Wildman–Crippen LogP) is 3.91. The summed E-state index contributed by atoms with van der Waals surface area (Å²) < 4.78 is 25.7. The first-order valence-electron chi connectivity index (χ1n) is 9.53. The maximum atomic E-state index is 12.4. The number of aromatic nitrogens is 2.